The van der Waals surface area contributed by atoms with E-state index in [0.29, 0.717) is 29.4 Å². The first-order valence-electron chi connectivity index (χ1n) is 7.04. The summed E-state index contributed by atoms with van der Waals surface area (Å²) in [6, 6.07) is 10.7. The maximum atomic E-state index is 12.5. The Balaban J connectivity index is 2.20. The monoisotopic (exact) mass is 427 g/mol. The zero-order chi connectivity index (χ0) is 16.8. The van der Waals surface area contributed by atoms with Gasteiger partial charge in [0.05, 0.1) is 26.4 Å². The van der Waals surface area contributed by atoms with Crippen molar-refractivity contribution in [3.8, 4) is 17.2 Å². The van der Waals surface area contributed by atoms with Crippen LogP contribution in [0.4, 0.5) is 5.69 Å². The molecule has 2 aromatic carbocycles. The number of nitrogens with one attached hydrogen (secondary N) is 1. The van der Waals surface area contributed by atoms with E-state index >= 15 is 0 Å². The number of anilines is 1. The van der Waals surface area contributed by atoms with Gasteiger partial charge in [0, 0.05) is 9.26 Å². The Labute approximate surface area is 149 Å². The summed E-state index contributed by atoms with van der Waals surface area (Å²) < 4.78 is 16.6. The van der Waals surface area contributed by atoms with Gasteiger partial charge in [0.2, 0.25) is 0 Å². The molecule has 122 valence electrons. The van der Waals surface area contributed by atoms with Crippen LogP contribution >= 0.6 is 22.6 Å². The Bertz CT molecular complexity index is 686. The second-order valence-corrected chi connectivity index (χ2v) is 5.76. The van der Waals surface area contributed by atoms with E-state index in [1.807, 2.05) is 19.1 Å². The van der Waals surface area contributed by atoms with Gasteiger partial charge in [-0.3, -0.25) is 4.79 Å². The van der Waals surface area contributed by atoms with Crippen LogP contribution in [0, 0.1) is 3.57 Å². The minimum absolute atomic E-state index is 0.209. The van der Waals surface area contributed by atoms with Crippen molar-refractivity contribution in [1.29, 1.82) is 0 Å². The number of ether oxygens (including phenoxy) is 3. The minimum atomic E-state index is -0.209. The molecule has 0 fully saturated rings. The quantitative estimate of drug-likeness (QED) is 0.710. The number of benzene rings is 2. The van der Waals surface area contributed by atoms with E-state index in [4.69, 9.17) is 14.2 Å². The van der Waals surface area contributed by atoms with Crippen LogP contribution < -0.4 is 19.5 Å². The fraction of sp³-hybridized carbons (Fsp3) is 0.235. The van der Waals surface area contributed by atoms with Gasteiger partial charge in [-0.2, -0.15) is 0 Å². The SMILES string of the molecule is CCOc1ccc(NC(=O)c2cc(OC)c(OC)cc2I)cc1. The van der Waals surface area contributed by atoms with Crippen molar-refractivity contribution in [2.24, 2.45) is 0 Å². The molecule has 0 heterocycles. The molecular formula is C17H18INO4. The van der Waals surface area contributed by atoms with E-state index < -0.39 is 0 Å². The Morgan fingerprint density at radius 1 is 1.09 bits per heavy atom. The van der Waals surface area contributed by atoms with Crippen molar-refractivity contribution >= 4 is 34.2 Å². The average molecular weight is 427 g/mol. The number of hydrogen-bond acceptors (Lipinski definition) is 4. The molecule has 0 aromatic heterocycles. The number of hydrogen-bond donors (Lipinski definition) is 1. The smallest absolute Gasteiger partial charge is 0.256 e. The number of carbonyl (C=O) groups excluding carboxylic acids is 1. The fourth-order valence-electron chi connectivity index (χ4n) is 2.03. The Hall–Kier alpha value is -1.96. The number of halogens is 1. The summed E-state index contributed by atoms with van der Waals surface area (Å²) in [7, 11) is 3.10. The molecule has 0 aliphatic rings. The highest BCUT2D eigenvalue weighted by Gasteiger charge is 2.15. The summed E-state index contributed by atoms with van der Waals surface area (Å²) in [6.45, 7) is 2.53. The zero-order valence-corrected chi connectivity index (χ0v) is 15.3. The molecule has 2 rings (SSSR count). The Kier molecular flexibility index (Phi) is 6.09. The van der Waals surface area contributed by atoms with Gasteiger partial charge in [-0.25, -0.2) is 0 Å². The first kappa shape index (κ1) is 17.4. The van der Waals surface area contributed by atoms with Crippen LogP contribution in [0.3, 0.4) is 0 Å². The maximum Gasteiger partial charge on any atom is 0.256 e. The first-order valence-corrected chi connectivity index (χ1v) is 8.12. The molecule has 0 saturated heterocycles. The lowest BCUT2D eigenvalue weighted by molar-refractivity contribution is 0.102. The lowest BCUT2D eigenvalue weighted by atomic mass is 10.2. The van der Waals surface area contributed by atoms with Crippen LogP contribution in [0.1, 0.15) is 17.3 Å². The van der Waals surface area contributed by atoms with Crippen molar-refractivity contribution in [3.63, 3.8) is 0 Å². The summed E-state index contributed by atoms with van der Waals surface area (Å²) in [4.78, 5) is 12.5. The van der Waals surface area contributed by atoms with Crippen LogP contribution in [-0.2, 0) is 0 Å². The van der Waals surface area contributed by atoms with Gasteiger partial charge in [0.25, 0.3) is 5.91 Å². The van der Waals surface area contributed by atoms with Gasteiger partial charge in [0.1, 0.15) is 5.75 Å². The molecule has 0 atom stereocenters. The molecule has 5 nitrogen and oxygen atoms in total. The lowest BCUT2D eigenvalue weighted by Gasteiger charge is -2.12. The van der Waals surface area contributed by atoms with Gasteiger partial charge in [-0.1, -0.05) is 0 Å². The van der Waals surface area contributed by atoms with E-state index in [0.717, 1.165) is 9.32 Å². The largest absolute Gasteiger partial charge is 0.494 e. The third kappa shape index (κ3) is 4.28. The van der Waals surface area contributed by atoms with Gasteiger partial charge in [-0.05, 0) is 65.9 Å². The van der Waals surface area contributed by atoms with Gasteiger partial charge in [0.15, 0.2) is 11.5 Å². The second kappa shape index (κ2) is 8.05. The molecule has 0 aliphatic carbocycles. The van der Waals surface area contributed by atoms with Gasteiger partial charge < -0.3 is 19.5 Å². The molecular weight excluding hydrogens is 409 g/mol. The van der Waals surface area contributed by atoms with Crippen molar-refractivity contribution in [3.05, 3.63) is 45.5 Å². The molecule has 0 bridgehead atoms. The highest BCUT2D eigenvalue weighted by atomic mass is 127. The number of methoxy groups -OCH3 is 2. The maximum absolute atomic E-state index is 12.5. The molecule has 2 aromatic rings. The molecule has 6 heteroatoms. The summed E-state index contributed by atoms with van der Waals surface area (Å²) in [5.41, 5.74) is 1.22. The highest BCUT2D eigenvalue weighted by Crippen LogP contribution is 2.31. The number of amides is 1. The van der Waals surface area contributed by atoms with Crippen LogP contribution in [0.15, 0.2) is 36.4 Å². The standard InChI is InChI=1S/C17H18INO4/c1-4-23-12-7-5-11(6-8-12)19-17(20)13-9-15(21-2)16(22-3)10-14(13)18/h5-10H,4H2,1-3H3,(H,19,20). The van der Waals surface area contributed by atoms with Gasteiger partial charge in [-0.15, -0.1) is 0 Å². The molecule has 1 amide bonds. The third-order valence-corrected chi connectivity index (χ3v) is 4.03. The van der Waals surface area contributed by atoms with Crippen molar-refractivity contribution in [1.82, 2.24) is 0 Å². The average Bonchev–Trinajstić information content (AvgIpc) is 2.56. The van der Waals surface area contributed by atoms with Crippen molar-refractivity contribution in [2.45, 2.75) is 6.92 Å². The molecule has 0 aliphatic heterocycles. The predicted octanol–water partition coefficient (Wildman–Crippen LogP) is 3.96. The zero-order valence-electron chi connectivity index (χ0n) is 13.2. The van der Waals surface area contributed by atoms with E-state index in [9.17, 15) is 4.79 Å². The highest BCUT2D eigenvalue weighted by molar-refractivity contribution is 14.1. The second-order valence-electron chi connectivity index (χ2n) is 4.60. The van der Waals surface area contributed by atoms with Crippen molar-refractivity contribution in [2.75, 3.05) is 26.1 Å². The summed E-state index contributed by atoms with van der Waals surface area (Å²) >= 11 is 2.10. The molecule has 0 unspecified atom stereocenters. The molecule has 0 saturated carbocycles. The van der Waals surface area contributed by atoms with Crippen molar-refractivity contribution < 1.29 is 19.0 Å². The fourth-order valence-corrected chi connectivity index (χ4v) is 2.71. The van der Waals surface area contributed by atoms with E-state index in [1.54, 1.807) is 38.5 Å². The summed E-state index contributed by atoms with van der Waals surface area (Å²) in [6.07, 6.45) is 0. The third-order valence-electron chi connectivity index (χ3n) is 3.14. The Morgan fingerprint density at radius 2 is 1.70 bits per heavy atom. The Morgan fingerprint density at radius 3 is 2.26 bits per heavy atom. The summed E-state index contributed by atoms with van der Waals surface area (Å²) in [5.74, 6) is 1.67. The minimum Gasteiger partial charge on any atom is -0.494 e. The molecule has 23 heavy (non-hydrogen) atoms. The van der Waals surface area contributed by atoms with Gasteiger partial charge >= 0.3 is 0 Å². The van der Waals surface area contributed by atoms with Crippen LogP contribution in [0.2, 0.25) is 0 Å². The molecule has 0 spiro atoms. The first-order chi connectivity index (χ1) is 11.1. The number of carbonyl (C=O) groups is 1. The van der Waals surface area contributed by atoms with Crippen LogP contribution in [0.25, 0.3) is 0 Å². The number of rotatable bonds is 6. The topological polar surface area (TPSA) is 56.8 Å². The van der Waals surface area contributed by atoms with Crippen LogP contribution in [-0.4, -0.2) is 26.7 Å². The van der Waals surface area contributed by atoms with E-state index in [-0.39, 0.29) is 5.91 Å². The predicted molar refractivity (Wildman–Crippen MR) is 97.8 cm³/mol. The molecule has 0 radical (unpaired) electrons. The van der Waals surface area contributed by atoms with Crippen LogP contribution in [0.5, 0.6) is 17.2 Å². The van der Waals surface area contributed by atoms with E-state index in [2.05, 4.69) is 27.9 Å². The lowest BCUT2D eigenvalue weighted by Crippen LogP contribution is -2.14. The normalized spacial score (nSPS) is 10.1. The van der Waals surface area contributed by atoms with E-state index in [1.165, 1.54) is 0 Å². The molecule has 1 N–H and O–H groups in total. The summed E-state index contributed by atoms with van der Waals surface area (Å²) in [5, 5.41) is 2.86.